The van der Waals surface area contributed by atoms with Crippen molar-refractivity contribution in [3.63, 3.8) is 0 Å². The van der Waals surface area contributed by atoms with Gasteiger partial charge in [0, 0.05) is 31.9 Å². The van der Waals surface area contributed by atoms with Gasteiger partial charge in [0.2, 0.25) is 5.88 Å². The summed E-state index contributed by atoms with van der Waals surface area (Å²) >= 11 is 0. The van der Waals surface area contributed by atoms with Crippen LogP contribution in [0.2, 0.25) is 0 Å². The van der Waals surface area contributed by atoms with Gasteiger partial charge >= 0.3 is 0 Å². The molecule has 0 atom stereocenters. The highest BCUT2D eigenvalue weighted by atomic mass is 19.1. The molecule has 0 spiro atoms. The first-order valence-corrected chi connectivity index (χ1v) is 10.9. The quantitative estimate of drug-likeness (QED) is 0.550. The molecule has 4 rings (SSSR count). The van der Waals surface area contributed by atoms with Crippen molar-refractivity contribution in [1.29, 1.82) is 0 Å². The van der Waals surface area contributed by atoms with Crippen molar-refractivity contribution in [2.75, 3.05) is 32.3 Å². The monoisotopic (exact) mass is 450 g/mol. The molecule has 2 aliphatic heterocycles. The first-order valence-electron chi connectivity index (χ1n) is 10.9. The van der Waals surface area contributed by atoms with Crippen molar-refractivity contribution in [2.24, 2.45) is 15.7 Å². The van der Waals surface area contributed by atoms with Crippen LogP contribution in [0.15, 0.2) is 70.4 Å². The predicted octanol–water partition coefficient (Wildman–Crippen LogP) is 4.44. The van der Waals surface area contributed by atoms with Gasteiger partial charge in [0.1, 0.15) is 23.2 Å². The number of hydrogen-bond donors (Lipinski definition) is 1. The smallest absolute Gasteiger partial charge is 0.238 e. The fourth-order valence-corrected chi connectivity index (χ4v) is 3.30. The summed E-state index contributed by atoms with van der Waals surface area (Å²) < 4.78 is 17.4. The van der Waals surface area contributed by atoms with E-state index in [2.05, 4.69) is 44.9 Å². The molecule has 1 aromatic heterocycles. The molecule has 174 valence electrons. The molecule has 0 saturated carbocycles. The van der Waals surface area contributed by atoms with Gasteiger partial charge in [0.25, 0.3) is 0 Å². The maximum Gasteiger partial charge on any atom is 0.238 e. The van der Waals surface area contributed by atoms with Gasteiger partial charge in [-0.1, -0.05) is 18.2 Å². The zero-order valence-corrected chi connectivity index (χ0v) is 19.4. The summed E-state index contributed by atoms with van der Waals surface area (Å²) in [5.74, 6) is 1.68. The molecule has 8 heteroatoms. The second-order valence-corrected chi connectivity index (χ2v) is 7.76. The van der Waals surface area contributed by atoms with Crippen LogP contribution in [0, 0.1) is 5.82 Å². The number of methoxy groups -OCH3 is 1. The number of anilines is 1. The number of benzene rings is 1. The van der Waals surface area contributed by atoms with Crippen molar-refractivity contribution in [3.05, 3.63) is 71.9 Å². The van der Waals surface area contributed by atoms with Crippen LogP contribution >= 0.6 is 0 Å². The third-order valence-corrected chi connectivity index (χ3v) is 5.19. The molecule has 0 fully saturated rings. The molecule has 0 unspecified atom stereocenters. The Morgan fingerprint density at radius 2 is 1.97 bits per heavy atom. The summed E-state index contributed by atoms with van der Waals surface area (Å²) in [5, 5.41) is 0. The number of amidine groups is 2. The molecule has 0 bridgehead atoms. The highest BCUT2D eigenvalue weighted by Crippen LogP contribution is 2.30. The lowest BCUT2D eigenvalue weighted by atomic mass is 10.2. The summed E-state index contributed by atoms with van der Waals surface area (Å²) in [5.41, 5.74) is 8.89. The topological polar surface area (TPSA) is 79.3 Å². The maximum absolute atomic E-state index is 11.9. The minimum atomic E-state index is -0.178. The Morgan fingerprint density at radius 1 is 1.18 bits per heavy atom. The number of rotatable bonds is 4. The van der Waals surface area contributed by atoms with Crippen molar-refractivity contribution in [1.82, 2.24) is 9.88 Å². The Labute approximate surface area is 194 Å². The van der Waals surface area contributed by atoms with E-state index in [9.17, 15) is 4.39 Å². The molecule has 3 heterocycles. The lowest BCUT2D eigenvalue weighted by molar-refractivity contribution is 0.395. The highest BCUT2D eigenvalue weighted by molar-refractivity contribution is 6.03. The largest absolute Gasteiger partial charge is 0.479 e. The van der Waals surface area contributed by atoms with E-state index in [1.54, 1.807) is 31.4 Å². The normalized spacial score (nSPS) is 16.3. The van der Waals surface area contributed by atoms with Gasteiger partial charge in [-0.25, -0.2) is 14.4 Å². The van der Waals surface area contributed by atoms with Gasteiger partial charge in [0.05, 0.1) is 19.5 Å². The standard InChI is InChI=1S/C19H26N6O.C6H5F/c1-14-12-25(13-24(14)2)16-9-7-15(22-19(16)26-3)8-10-17(20)23-18-6-4-5-11-21-18;7-6-4-2-1-3-5-6/h7-10,12H,4-6,11,13H2,1-3H3,(H2,20,21,23);1-5H/b10-8+;. The third kappa shape index (κ3) is 7.17. The van der Waals surface area contributed by atoms with Gasteiger partial charge in [0.15, 0.2) is 0 Å². The van der Waals surface area contributed by atoms with Crippen LogP contribution in [0.25, 0.3) is 6.08 Å². The first kappa shape index (κ1) is 24.0. The minimum Gasteiger partial charge on any atom is -0.479 e. The van der Waals surface area contributed by atoms with Crippen LogP contribution in [0.1, 0.15) is 31.9 Å². The first-order chi connectivity index (χ1) is 16.0. The van der Waals surface area contributed by atoms with E-state index >= 15 is 0 Å². The summed E-state index contributed by atoms with van der Waals surface area (Å²) in [4.78, 5) is 17.6. The van der Waals surface area contributed by atoms with Crippen LogP contribution in [0.3, 0.4) is 0 Å². The summed E-state index contributed by atoms with van der Waals surface area (Å²) in [6, 6.07) is 11.9. The third-order valence-electron chi connectivity index (χ3n) is 5.19. The van der Waals surface area contributed by atoms with Crippen LogP contribution in [0.4, 0.5) is 10.1 Å². The van der Waals surface area contributed by atoms with Crippen molar-refractivity contribution in [3.8, 4) is 5.88 Å². The van der Waals surface area contributed by atoms with Crippen LogP contribution in [-0.4, -0.2) is 48.9 Å². The van der Waals surface area contributed by atoms with Gasteiger partial charge in [-0.2, -0.15) is 0 Å². The number of halogens is 1. The van der Waals surface area contributed by atoms with E-state index < -0.39 is 0 Å². The number of nitrogens with zero attached hydrogens (tertiary/aromatic N) is 5. The zero-order valence-electron chi connectivity index (χ0n) is 19.4. The Kier molecular flexibility index (Phi) is 8.57. The second kappa shape index (κ2) is 11.8. The maximum atomic E-state index is 11.9. The molecule has 2 aromatic rings. The SMILES string of the molecule is COc1nc(/C=C/C(N)=NC2=NCCCC2)ccc1N1C=C(C)N(C)C1.Fc1ccccc1. The van der Waals surface area contributed by atoms with Crippen molar-refractivity contribution in [2.45, 2.75) is 26.2 Å². The number of pyridine rings is 1. The van der Waals surface area contributed by atoms with E-state index in [1.165, 1.54) is 17.8 Å². The van der Waals surface area contributed by atoms with Crippen molar-refractivity contribution >= 4 is 23.4 Å². The minimum absolute atomic E-state index is 0.178. The Balaban J connectivity index is 0.000000374. The number of aromatic nitrogens is 1. The predicted molar refractivity (Wildman–Crippen MR) is 133 cm³/mol. The van der Waals surface area contributed by atoms with Crippen LogP contribution in [-0.2, 0) is 0 Å². The van der Waals surface area contributed by atoms with Gasteiger partial charge in [-0.3, -0.25) is 4.99 Å². The van der Waals surface area contributed by atoms with E-state index in [0.717, 1.165) is 49.7 Å². The van der Waals surface area contributed by atoms with Gasteiger partial charge in [-0.05, 0) is 56.2 Å². The summed E-state index contributed by atoms with van der Waals surface area (Å²) in [7, 11) is 3.69. The molecule has 0 radical (unpaired) electrons. The van der Waals surface area contributed by atoms with Gasteiger partial charge < -0.3 is 20.3 Å². The summed E-state index contributed by atoms with van der Waals surface area (Å²) in [6.45, 7) is 3.70. The molecular formula is C25H31FN6O. The van der Waals surface area contributed by atoms with Crippen LogP contribution in [0.5, 0.6) is 5.88 Å². The molecule has 0 amide bonds. The van der Waals surface area contributed by atoms with E-state index in [1.807, 2.05) is 18.2 Å². The average molecular weight is 451 g/mol. The number of allylic oxidation sites excluding steroid dienone is 1. The second-order valence-electron chi connectivity index (χ2n) is 7.76. The molecule has 0 saturated heterocycles. The molecule has 33 heavy (non-hydrogen) atoms. The summed E-state index contributed by atoms with van der Waals surface area (Å²) in [6.07, 6.45) is 8.83. The molecule has 0 aliphatic carbocycles. The molecular weight excluding hydrogens is 419 g/mol. The Morgan fingerprint density at radius 3 is 2.55 bits per heavy atom. The number of hydrogen-bond acceptors (Lipinski definition) is 6. The molecule has 1 aromatic carbocycles. The Bertz CT molecular complexity index is 1050. The van der Waals surface area contributed by atoms with Gasteiger partial charge in [-0.15, -0.1) is 0 Å². The molecule has 2 N–H and O–H groups in total. The fourth-order valence-electron chi connectivity index (χ4n) is 3.30. The number of aliphatic imine (C=N–C) groups is 2. The van der Waals surface area contributed by atoms with E-state index in [0.29, 0.717) is 11.7 Å². The molecule has 2 aliphatic rings. The van der Waals surface area contributed by atoms with Crippen molar-refractivity contribution < 1.29 is 9.13 Å². The van der Waals surface area contributed by atoms with E-state index in [4.69, 9.17) is 10.5 Å². The molecule has 7 nitrogen and oxygen atoms in total. The lowest BCUT2D eigenvalue weighted by Gasteiger charge is -2.20. The van der Waals surface area contributed by atoms with Crippen LogP contribution < -0.4 is 15.4 Å². The fraction of sp³-hybridized carbons (Fsp3) is 0.320. The highest BCUT2D eigenvalue weighted by Gasteiger charge is 2.19. The number of nitrogens with two attached hydrogens (primary N) is 1. The lowest BCUT2D eigenvalue weighted by Crippen LogP contribution is -2.23. The average Bonchev–Trinajstić information content (AvgIpc) is 3.17. The zero-order chi connectivity index (χ0) is 23.6. The number of ether oxygens (including phenoxy) is 1. The Hall–Kier alpha value is -3.68. The van der Waals surface area contributed by atoms with E-state index in [-0.39, 0.29) is 5.82 Å².